The fraction of sp³-hybridized carbons (Fsp3) is 0.375. The summed E-state index contributed by atoms with van der Waals surface area (Å²) in [6.45, 7) is 2.21. The van der Waals surface area contributed by atoms with Gasteiger partial charge in [-0.1, -0.05) is 36.4 Å². The van der Waals surface area contributed by atoms with E-state index in [1.54, 1.807) is 15.9 Å². The molecule has 3 amide bonds. The van der Waals surface area contributed by atoms with Crippen LogP contribution in [-0.2, 0) is 16.0 Å². The lowest BCUT2D eigenvalue weighted by molar-refractivity contribution is -0.122. The Morgan fingerprint density at radius 2 is 1.87 bits per heavy atom. The molecule has 0 saturated carbocycles. The number of fused-ring (bicyclic) bond motifs is 4. The Balaban J connectivity index is 1.33. The van der Waals surface area contributed by atoms with Gasteiger partial charge in [0.15, 0.2) is 0 Å². The minimum atomic E-state index is -0.719. The molecule has 1 saturated heterocycles. The van der Waals surface area contributed by atoms with E-state index in [1.807, 2.05) is 37.3 Å². The number of nitrogens with one attached hydrogen (secondary N) is 1. The summed E-state index contributed by atoms with van der Waals surface area (Å²) in [5, 5.41) is 3.13. The van der Waals surface area contributed by atoms with Crippen LogP contribution in [0, 0.1) is 0 Å². The van der Waals surface area contributed by atoms with Crippen molar-refractivity contribution in [2.45, 2.75) is 50.7 Å². The first-order valence-electron chi connectivity index (χ1n) is 10.6. The van der Waals surface area contributed by atoms with E-state index in [0.717, 1.165) is 12.8 Å². The molecule has 6 nitrogen and oxygen atoms in total. The highest BCUT2D eigenvalue weighted by atomic mass is 16.2. The lowest BCUT2D eigenvalue weighted by Crippen LogP contribution is -2.62. The smallest absolute Gasteiger partial charge is 0.257 e. The molecule has 0 radical (unpaired) electrons. The highest BCUT2D eigenvalue weighted by molar-refractivity contribution is 6.10. The number of carbonyl (C=O) groups excluding carboxylic acids is 3. The van der Waals surface area contributed by atoms with Gasteiger partial charge in [-0.15, -0.1) is 0 Å². The number of amides is 3. The van der Waals surface area contributed by atoms with E-state index in [4.69, 9.17) is 0 Å². The molecule has 154 valence electrons. The molecule has 2 aromatic rings. The van der Waals surface area contributed by atoms with Gasteiger partial charge in [0, 0.05) is 19.4 Å². The van der Waals surface area contributed by atoms with E-state index in [0.29, 0.717) is 24.1 Å². The predicted octanol–water partition coefficient (Wildman–Crippen LogP) is 3.18. The van der Waals surface area contributed by atoms with Crippen molar-refractivity contribution in [1.82, 2.24) is 10.2 Å². The van der Waals surface area contributed by atoms with Gasteiger partial charge in [0.2, 0.25) is 11.8 Å². The van der Waals surface area contributed by atoms with Crippen LogP contribution in [0.3, 0.4) is 0 Å². The van der Waals surface area contributed by atoms with Crippen molar-refractivity contribution < 1.29 is 14.4 Å². The highest BCUT2D eigenvalue weighted by Crippen LogP contribution is 2.44. The molecular weight excluding hydrogens is 378 g/mol. The Bertz CT molecular complexity index is 1050. The summed E-state index contributed by atoms with van der Waals surface area (Å²) in [6, 6.07) is 15.5. The van der Waals surface area contributed by atoms with E-state index < -0.39 is 5.66 Å². The van der Waals surface area contributed by atoms with E-state index in [-0.39, 0.29) is 36.7 Å². The van der Waals surface area contributed by atoms with Crippen LogP contribution in [0.1, 0.15) is 60.1 Å². The molecule has 1 aliphatic carbocycles. The van der Waals surface area contributed by atoms with Crippen LogP contribution in [0.25, 0.3) is 0 Å². The van der Waals surface area contributed by atoms with Gasteiger partial charge in [-0.2, -0.15) is 0 Å². The molecule has 2 atom stereocenters. The van der Waals surface area contributed by atoms with Crippen molar-refractivity contribution in [3.8, 4) is 0 Å². The Kier molecular flexibility index (Phi) is 4.38. The average Bonchev–Trinajstić information content (AvgIpc) is 3.29. The average molecular weight is 403 g/mol. The van der Waals surface area contributed by atoms with Gasteiger partial charge in [-0.25, -0.2) is 0 Å². The van der Waals surface area contributed by atoms with Crippen molar-refractivity contribution in [2.24, 2.45) is 0 Å². The maximum atomic E-state index is 13.2. The third-order valence-corrected chi connectivity index (χ3v) is 6.78. The summed E-state index contributed by atoms with van der Waals surface area (Å²) in [7, 11) is 0. The Labute approximate surface area is 175 Å². The van der Waals surface area contributed by atoms with Gasteiger partial charge in [-0.3, -0.25) is 19.3 Å². The van der Waals surface area contributed by atoms with Crippen LogP contribution in [0.2, 0.25) is 0 Å². The summed E-state index contributed by atoms with van der Waals surface area (Å²) < 4.78 is 0. The van der Waals surface area contributed by atoms with E-state index in [2.05, 4.69) is 17.4 Å². The van der Waals surface area contributed by atoms with Gasteiger partial charge >= 0.3 is 0 Å². The first-order valence-corrected chi connectivity index (χ1v) is 10.6. The Hall–Kier alpha value is -3.15. The van der Waals surface area contributed by atoms with E-state index in [1.165, 1.54) is 11.1 Å². The first-order chi connectivity index (χ1) is 14.5. The molecular formula is C24H25N3O3. The molecule has 0 bridgehead atoms. The number of benzene rings is 2. The first kappa shape index (κ1) is 18.9. The number of nitrogens with zero attached hydrogens (tertiary/aromatic N) is 2. The minimum absolute atomic E-state index is 0.0227. The number of carbonyl (C=O) groups is 3. The van der Waals surface area contributed by atoms with Crippen molar-refractivity contribution >= 4 is 23.4 Å². The van der Waals surface area contributed by atoms with Crippen molar-refractivity contribution in [3.63, 3.8) is 0 Å². The van der Waals surface area contributed by atoms with Crippen molar-refractivity contribution in [3.05, 3.63) is 65.2 Å². The van der Waals surface area contributed by atoms with Crippen LogP contribution >= 0.6 is 0 Å². The number of anilines is 1. The fourth-order valence-electron chi connectivity index (χ4n) is 5.23. The van der Waals surface area contributed by atoms with Crippen LogP contribution in [-0.4, -0.2) is 34.8 Å². The topological polar surface area (TPSA) is 69.7 Å². The van der Waals surface area contributed by atoms with Gasteiger partial charge in [-0.05, 0) is 49.4 Å². The lowest BCUT2D eigenvalue weighted by Gasteiger charge is -2.48. The molecule has 5 rings (SSSR count). The fourth-order valence-corrected chi connectivity index (χ4v) is 5.23. The Morgan fingerprint density at radius 1 is 1.10 bits per heavy atom. The number of aryl methyl sites for hydroxylation is 1. The van der Waals surface area contributed by atoms with Crippen LogP contribution in [0.5, 0.6) is 0 Å². The highest BCUT2D eigenvalue weighted by Gasteiger charge is 2.52. The third-order valence-electron chi connectivity index (χ3n) is 6.78. The predicted molar refractivity (Wildman–Crippen MR) is 113 cm³/mol. The van der Waals surface area contributed by atoms with Crippen LogP contribution < -0.4 is 10.2 Å². The molecule has 1 N–H and O–H groups in total. The maximum absolute atomic E-state index is 13.2. The van der Waals surface area contributed by atoms with Crippen molar-refractivity contribution in [1.29, 1.82) is 0 Å². The minimum Gasteiger partial charge on any atom is -0.349 e. The maximum Gasteiger partial charge on any atom is 0.257 e. The normalized spacial score (nSPS) is 24.5. The molecule has 2 aliphatic heterocycles. The largest absolute Gasteiger partial charge is 0.349 e. The van der Waals surface area contributed by atoms with E-state index >= 15 is 0 Å². The number of rotatable bonds is 4. The van der Waals surface area contributed by atoms with Gasteiger partial charge in [0.25, 0.3) is 5.91 Å². The van der Waals surface area contributed by atoms with Crippen LogP contribution in [0.15, 0.2) is 48.5 Å². The standard InChI is InChI=1S/C24H25N3O3/c1-24-14-12-22(29)27(24)20-9-5-4-8-18(20)23(30)26(24)15-13-21(28)25-19-11-10-16-6-2-3-7-17(16)19/h2-9,19H,10-15H2,1H3,(H,25,28)/t19-,24-/m0/s1. The number of hydrogen-bond acceptors (Lipinski definition) is 3. The summed E-state index contributed by atoms with van der Waals surface area (Å²) in [5.74, 6) is -0.157. The van der Waals surface area contributed by atoms with E-state index in [9.17, 15) is 14.4 Å². The summed E-state index contributed by atoms with van der Waals surface area (Å²) in [6.07, 6.45) is 3.06. The molecule has 0 aromatic heterocycles. The summed E-state index contributed by atoms with van der Waals surface area (Å²) >= 11 is 0. The molecule has 0 spiro atoms. The zero-order valence-electron chi connectivity index (χ0n) is 17.1. The second-order valence-electron chi connectivity index (χ2n) is 8.53. The molecule has 2 aromatic carbocycles. The molecule has 3 aliphatic rings. The van der Waals surface area contributed by atoms with Gasteiger partial charge in [0.05, 0.1) is 17.3 Å². The SMILES string of the molecule is C[C@@]12CCC(=O)N1c1ccccc1C(=O)N2CCC(=O)N[C@H]1CCc2ccccc21. The second kappa shape index (κ2) is 6.97. The van der Waals surface area contributed by atoms with Crippen molar-refractivity contribution in [2.75, 3.05) is 11.4 Å². The molecule has 6 heteroatoms. The van der Waals surface area contributed by atoms with Gasteiger partial charge in [0.1, 0.15) is 5.66 Å². The molecule has 0 unspecified atom stereocenters. The Morgan fingerprint density at radius 3 is 2.73 bits per heavy atom. The zero-order chi connectivity index (χ0) is 20.9. The molecule has 1 fully saturated rings. The lowest BCUT2D eigenvalue weighted by atomic mass is 9.98. The molecule has 2 heterocycles. The summed E-state index contributed by atoms with van der Waals surface area (Å²) in [4.78, 5) is 42.1. The third kappa shape index (κ3) is 2.82. The monoisotopic (exact) mass is 403 g/mol. The molecule has 30 heavy (non-hydrogen) atoms. The second-order valence-corrected chi connectivity index (χ2v) is 8.53. The number of para-hydroxylation sites is 1. The summed E-state index contributed by atoms with van der Waals surface area (Å²) in [5.41, 5.74) is 2.96. The zero-order valence-corrected chi connectivity index (χ0v) is 17.1. The number of hydrogen-bond donors (Lipinski definition) is 1. The van der Waals surface area contributed by atoms with Gasteiger partial charge < -0.3 is 10.2 Å². The van der Waals surface area contributed by atoms with Crippen LogP contribution in [0.4, 0.5) is 5.69 Å². The quantitative estimate of drug-likeness (QED) is 0.852.